The van der Waals surface area contributed by atoms with Crippen LogP contribution in [0.15, 0.2) is 42.5 Å². The highest BCUT2D eigenvalue weighted by Gasteiger charge is 2.37. The minimum absolute atomic E-state index is 0.0141. The zero-order valence-electron chi connectivity index (χ0n) is 15.1. The zero-order valence-corrected chi connectivity index (χ0v) is 15.1. The summed E-state index contributed by atoms with van der Waals surface area (Å²) in [5.74, 6) is 0.121. The van der Waals surface area contributed by atoms with Crippen LogP contribution in [-0.2, 0) is 12.7 Å². The number of rotatable bonds is 4. The molecular formula is C19H17F3N4O3. The number of carbonyl (C=O) groups excluding carboxylic acids is 1. The van der Waals surface area contributed by atoms with Gasteiger partial charge < -0.3 is 24.7 Å². The fourth-order valence-electron chi connectivity index (χ4n) is 3.10. The quantitative estimate of drug-likeness (QED) is 0.694. The van der Waals surface area contributed by atoms with E-state index in [9.17, 15) is 18.0 Å². The molecule has 0 aliphatic carbocycles. The van der Waals surface area contributed by atoms with E-state index in [1.807, 2.05) is 0 Å². The number of imidazole rings is 1. The van der Waals surface area contributed by atoms with Crippen LogP contribution in [-0.4, -0.2) is 35.3 Å². The van der Waals surface area contributed by atoms with Gasteiger partial charge in [0, 0.05) is 24.8 Å². The van der Waals surface area contributed by atoms with Gasteiger partial charge in [0.05, 0.1) is 11.0 Å². The van der Waals surface area contributed by atoms with E-state index in [1.165, 1.54) is 6.07 Å². The molecule has 0 bridgehead atoms. The average molecular weight is 406 g/mol. The lowest BCUT2D eigenvalue weighted by Crippen LogP contribution is -2.32. The highest BCUT2D eigenvalue weighted by Crippen LogP contribution is 2.33. The van der Waals surface area contributed by atoms with E-state index in [1.54, 1.807) is 36.4 Å². The van der Waals surface area contributed by atoms with Crippen molar-refractivity contribution in [2.24, 2.45) is 0 Å². The topological polar surface area (TPSA) is 77.4 Å². The number of hydrogen-bond donors (Lipinski definition) is 2. The summed E-state index contributed by atoms with van der Waals surface area (Å²) in [6.45, 7) is 0.788. The standard InChI is InChI=1S/C19H17F3N4O3/c20-19(21,22)17-25-13-3-1-2-4-14(13)26(17)8-7-23-18(27)24-12-5-6-15-16(11-12)29-10-9-28-15/h1-6,11H,7-10H2,(H2,23,24,27). The molecule has 0 atom stereocenters. The van der Waals surface area contributed by atoms with E-state index in [-0.39, 0.29) is 18.6 Å². The number of anilines is 1. The number of para-hydroxylation sites is 2. The lowest BCUT2D eigenvalue weighted by Gasteiger charge is -2.19. The summed E-state index contributed by atoms with van der Waals surface area (Å²) in [5.41, 5.74) is 1.09. The number of carbonyl (C=O) groups is 1. The molecule has 1 aromatic heterocycles. The second-order valence-corrected chi connectivity index (χ2v) is 6.31. The van der Waals surface area contributed by atoms with E-state index < -0.39 is 18.0 Å². The zero-order chi connectivity index (χ0) is 20.4. The molecule has 152 valence electrons. The highest BCUT2D eigenvalue weighted by atomic mass is 19.4. The smallest absolute Gasteiger partial charge is 0.449 e. The van der Waals surface area contributed by atoms with Gasteiger partial charge in [0.2, 0.25) is 5.82 Å². The molecule has 29 heavy (non-hydrogen) atoms. The molecule has 2 aromatic carbocycles. The number of hydrogen-bond acceptors (Lipinski definition) is 4. The Morgan fingerprint density at radius 3 is 2.66 bits per heavy atom. The van der Waals surface area contributed by atoms with Gasteiger partial charge >= 0.3 is 12.2 Å². The van der Waals surface area contributed by atoms with Crippen molar-refractivity contribution < 1.29 is 27.4 Å². The van der Waals surface area contributed by atoms with E-state index in [2.05, 4.69) is 15.6 Å². The van der Waals surface area contributed by atoms with Gasteiger partial charge in [0.1, 0.15) is 13.2 Å². The predicted molar refractivity (Wildman–Crippen MR) is 99.2 cm³/mol. The third kappa shape index (κ3) is 4.05. The van der Waals surface area contributed by atoms with Gasteiger partial charge in [-0.15, -0.1) is 0 Å². The SMILES string of the molecule is O=C(NCCn1c(C(F)(F)F)nc2ccccc21)Nc1ccc2c(c1)OCCO2. The van der Waals surface area contributed by atoms with Crippen LogP contribution in [0.3, 0.4) is 0 Å². The van der Waals surface area contributed by atoms with E-state index >= 15 is 0 Å². The summed E-state index contributed by atoms with van der Waals surface area (Å²) in [4.78, 5) is 15.8. The van der Waals surface area contributed by atoms with Crippen molar-refractivity contribution >= 4 is 22.8 Å². The largest absolute Gasteiger partial charge is 0.486 e. The van der Waals surface area contributed by atoms with Gasteiger partial charge in [-0.2, -0.15) is 13.2 Å². The van der Waals surface area contributed by atoms with Crippen LogP contribution in [0.1, 0.15) is 5.82 Å². The molecular weight excluding hydrogens is 389 g/mol. The Hall–Kier alpha value is -3.43. The molecule has 0 fully saturated rings. The van der Waals surface area contributed by atoms with Crippen LogP contribution in [0.5, 0.6) is 11.5 Å². The molecule has 1 aliphatic heterocycles. The fraction of sp³-hybridized carbons (Fsp3) is 0.263. The number of fused-ring (bicyclic) bond motifs is 2. The second kappa shape index (κ2) is 7.53. The summed E-state index contributed by atoms with van der Waals surface area (Å²) in [6, 6.07) is 10.8. The maximum Gasteiger partial charge on any atom is 0.449 e. The minimum atomic E-state index is -4.59. The van der Waals surface area contributed by atoms with Crippen LogP contribution in [0.25, 0.3) is 11.0 Å². The monoisotopic (exact) mass is 406 g/mol. The van der Waals surface area contributed by atoms with Crippen molar-refractivity contribution in [2.75, 3.05) is 25.1 Å². The molecule has 0 spiro atoms. The van der Waals surface area contributed by atoms with Gasteiger partial charge in [-0.3, -0.25) is 0 Å². The number of amides is 2. The molecule has 1 aliphatic rings. The van der Waals surface area contributed by atoms with Crippen LogP contribution in [0.2, 0.25) is 0 Å². The molecule has 2 amide bonds. The minimum Gasteiger partial charge on any atom is -0.486 e. The molecule has 7 nitrogen and oxygen atoms in total. The molecule has 0 radical (unpaired) electrons. The normalized spacial score (nSPS) is 13.3. The first-order valence-corrected chi connectivity index (χ1v) is 8.89. The molecule has 10 heteroatoms. The van der Waals surface area contributed by atoms with Gasteiger partial charge in [-0.1, -0.05) is 12.1 Å². The van der Waals surface area contributed by atoms with Crippen molar-refractivity contribution in [3.05, 3.63) is 48.3 Å². The van der Waals surface area contributed by atoms with Crippen LogP contribution >= 0.6 is 0 Å². The van der Waals surface area contributed by atoms with Crippen molar-refractivity contribution in [3.8, 4) is 11.5 Å². The molecule has 0 saturated heterocycles. The highest BCUT2D eigenvalue weighted by molar-refractivity contribution is 5.89. The average Bonchev–Trinajstić information content (AvgIpc) is 3.07. The molecule has 2 N–H and O–H groups in total. The Morgan fingerprint density at radius 1 is 1.10 bits per heavy atom. The number of aromatic nitrogens is 2. The van der Waals surface area contributed by atoms with Crippen molar-refractivity contribution in [1.29, 1.82) is 0 Å². The Labute approximate surface area is 163 Å². The number of ether oxygens (including phenoxy) is 2. The van der Waals surface area contributed by atoms with Crippen LogP contribution < -0.4 is 20.1 Å². The maximum absolute atomic E-state index is 13.3. The van der Waals surface area contributed by atoms with Gasteiger partial charge in [-0.05, 0) is 24.3 Å². The first kappa shape index (κ1) is 18.9. The number of halogens is 3. The number of nitrogens with one attached hydrogen (secondary N) is 2. The number of benzene rings is 2. The predicted octanol–water partition coefficient (Wildman–Crippen LogP) is 3.65. The fourth-order valence-corrected chi connectivity index (χ4v) is 3.10. The van der Waals surface area contributed by atoms with E-state index in [0.717, 1.165) is 4.57 Å². The maximum atomic E-state index is 13.3. The summed E-state index contributed by atoms with van der Waals surface area (Å²) < 4.78 is 51.8. The molecule has 4 rings (SSSR count). The summed E-state index contributed by atoms with van der Waals surface area (Å²) in [6.07, 6.45) is -4.59. The van der Waals surface area contributed by atoms with Crippen molar-refractivity contribution in [1.82, 2.24) is 14.9 Å². The number of urea groups is 1. The lowest BCUT2D eigenvalue weighted by molar-refractivity contribution is -0.146. The first-order chi connectivity index (χ1) is 13.9. The second-order valence-electron chi connectivity index (χ2n) is 6.31. The Bertz CT molecular complexity index is 1050. The van der Waals surface area contributed by atoms with Crippen molar-refractivity contribution in [2.45, 2.75) is 12.7 Å². The molecule has 0 unspecified atom stereocenters. The van der Waals surface area contributed by atoms with Crippen molar-refractivity contribution in [3.63, 3.8) is 0 Å². The van der Waals surface area contributed by atoms with Gasteiger partial charge in [-0.25, -0.2) is 9.78 Å². The van der Waals surface area contributed by atoms with Gasteiger partial charge in [0.15, 0.2) is 11.5 Å². The van der Waals surface area contributed by atoms with E-state index in [4.69, 9.17) is 9.47 Å². The Morgan fingerprint density at radius 2 is 1.86 bits per heavy atom. The summed E-state index contributed by atoms with van der Waals surface area (Å²) in [5, 5.41) is 5.18. The molecule has 3 aromatic rings. The number of alkyl halides is 3. The lowest BCUT2D eigenvalue weighted by atomic mass is 10.2. The summed E-state index contributed by atoms with van der Waals surface area (Å²) in [7, 11) is 0. The third-order valence-corrected chi connectivity index (χ3v) is 4.33. The molecule has 2 heterocycles. The summed E-state index contributed by atoms with van der Waals surface area (Å²) >= 11 is 0. The Balaban J connectivity index is 1.41. The van der Waals surface area contributed by atoms with Gasteiger partial charge in [0.25, 0.3) is 0 Å². The Kier molecular flexibility index (Phi) is 4.91. The van der Waals surface area contributed by atoms with Crippen LogP contribution in [0, 0.1) is 0 Å². The van der Waals surface area contributed by atoms with Crippen LogP contribution in [0.4, 0.5) is 23.7 Å². The van der Waals surface area contributed by atoms with E-state index in [0.29, 0.717) is 35.9 Å². The first-order valence-electron chi connectivity index (χ1n) is 8.89. The number of nitrogens with zero attached hydrogens (tertiary/aromatic N) is 2. The molecule has 0 saturated carbocycles. The third-order valence-electron chi connectivity index (χ3n) is 4.33.